The third-order valence-electron chi connectivity index (χ3n) is 4.67. The van der Waals surface area contributed by atoms with Gasteiger partial charge in [0, 0.05) is 16.8 Å². The third kappa shape index (κ3) is 4.82. The van der Waals surface area contributed by atoms with Gasteiger partial charge in [-0.1, -0.05) is 30.3 Å². The molecule has 0 saturated heterocycles. The fourth-order valence-corrected chi connectivity index (χ4v) is 2.93. The van der Waals surface area contributed by atoms with Crippen molar-refractivity contribution in [1.29, 1.82) is 0 Å². The van der Waals surface area contributed by atoms with E-state index in [1.54, 1.807) is 36.4 Å². The summed E-state index contributed by atoms with van der Waals surface area (Å²) < 4.78 is 5.54. The van der Waals surface area contributed by atoms with E-state index in [2.05, 4.69) is 10.6 Å². The molecule has 0 aliphatic heterocycles. The Kier molecular flexibility index (Phi) is 6.29. The van der Waals surface area contributed by atoms with E-state index in [1.807, 2.05) is 51.1 Å². The van der Waals surface area contributed by atoms with E-state index in [-0.39, 0.29) is 11.8 Å². The van der Waals surface area contributed by atoms with E-state index in [0.717, 1.165) is 16.8 Å². The number of anilines is 2. The van der Waals surface area contributed by atoms with Crippen LogP contribution in [0.25, 0.3) is 0 Å². The number of amides is 2. The molecule has 0 aliphatic carbocycles. The van der Waals surface area contributed by atoms with Gasteiger partial charge in [0.2, 0.25) is 0 Å². The van der Waals surface area contributed by atoms with E-state index in [1.165, 1.54) is 0 Å². The molecule has 0 saturated carbocycles. The molecule has 3 rings (SSSR count). The first-order valence-corrected chi connectivity index (χ1v) is 9.50. The lowest BCUT2D eigenvalue weighted by Crippen LogP contribution is -2.16. The number of hydrogen-bond acceptors (Lipinski definition) is 3. The summed E-state index contributed by atoms with van der Waals surface area (Å²) in [5.74, 6) is 0.0359. The molecule has 3 aromatic carbocycles. The van der Waals surface area contributed by atoms with Crippen molar-refractivity contribution < 1.29 is 14.3 Å². The summed E-state index contributed by atoms with van der Waals surface area (Å²) in [7, 11) is 0. The maximum atomic E-state index is 12.7. The standard InChI is InChI=1S/C24H24N2O3/c1-4-29-22-14-6-5-12-21(22)26-24(28)19-11-8-10-18(15-19)23(27)25-20-13-7-9-16(2)17(20)3/h5-15H,4H2,1-3H3,(H,25,27)(H,26,28). The molecule has 0 fully saturated rings. The van der Waals surface area contributed by atoms with Crippen molar-refractivity contribution in [2.75, 3.05) is 17.2 Å². The van der Waals surface area contributed by atoms with E-state index in [4.69, 9.17) is 4.74 Å². The summed E-state index contributed by atoms with van der Waals surface area (Å²) in [6.45, 7) is 6.35. The third-order valence-corrected chi connectivity index (χ3v) is 4.67. The second-order valence-corrected chi connectivity index (χ2v) is 6.67. The largest absolute Gasteiger partial charge is 0.492 e. The van der Waals surface area contributed by atoms with E-state index >= 15 is 0 Å². The highest BCUT2D eigenvalue weighted by Crippen LogP contribution is 2.24. The quantitative estimate of drug-likeness (QED) is 0.609. The number of para-hydroxylation sites is 2. The second kappa shape index (κ2) is 9.06. The highest BCUT2D eigenvalue weighted by atomic mass is 16.5. The molecule has 0 spiro atoms. The predicted octanol–water partition coefficient (Wildman–Crippen LogP) is 5.21. The Morgan fingerprint density at radius 3 is 2.07 bits per heavy atom. The van der Waals surface area contributed by atoms with Crippen LogP contribution >= 0.6 is 0 Å². The normalized spacial score (nSPS) is 10.3. The van der Waals surface area contributed by atoms with Gasteiger partial charge in [-0.15, -0.1) is 0 Å². The van der Waals surface area contributed by atoms with Crippen molar-refractivity contribution in [3.63, 3.8) is 0 Å². The molecule has 0 aliphatic rings. The first-order chi connectivity index (χ1) is 14.0. The fraction of sp³-hybridized carbons (Fsp3) is 0.167. The summed E-state index contributed by atoms with van der Waals surface area (Å²) in [6, 6.07) is 19.6. The summed E-state index contributed by atoms with van der Waals surface area (Å²) in [6.07, 6.45) is 0. The van der Waals surface area contributed by atoms with E-state index in [0.29, 0.717) is 29.2 Å². The van der Waals surface area contributed by atoms with Crippen molar-refractivity contribution in [3.05, 3.63) is 89.0 Å². The second-order valence-electron chi connectivity index (χ2n) is 6.67. The van der Waals surface area contributed by atoms with E-state index in [9.17, 15) is 9.59 Å². The van der Waals surface area contributed by atoms with Crippen molar-refractivity contribution in [2.45, 2.75) is 20.8 Å². The summed E-state index contributed by atoms with van der Waals surface area (Å²) in [5, 5.41) is 5.77. The molecular formula is C24H24N2O3. The van der Waals surface area contributed by atoms with Gasteiger partial charge in [-0.2, -0.15) is 0 Å². The van der Waals surface area contributed by atoms with Gasteiger partial charge >= 0.3 is 0 Å². The minimum absolute atomic E-state index is 0.261. The molecule has 5 nitrogen and oxygen atoms in total. The summed E-state index contributed by atoms with van der Waals surface area (Å²) in [5.41, 5.74) is 4.27. The van der Waals surface area contributed by atoms with Crippen LogP contribution in [0.3, 0.4) is 0 Å². The van der Waals surface area contributed by atoms with Crippen molar-refractivity contribution in [2.24, 2.45) is 0 Å². The molecule has 0 unspecified atom stereocenters. The molecule has 0 heterocycles. The van der Waals surface area contributed by atoms with Crippen LogP contribution in [0, 0.1) is 13.8 Å². The number of aryl methyl sites for hydroxylation is 1. The maximum Gasteiger partial charge on any atom is 0.255 e. The van der Waals surface area contributed by atoms with Crippen molar-refractivity contribution >= 4 is 23.2 Å². The monoisotopic (exact) mass is 388 g/mol. The molecule has 2 amide bonds. The Labute approximate surface area is 170 Å². The summed E-state index contributed by atoms with van der Waals surface area (Å²) in [4.78, 5) is 25.4. The van der Waals surface area contributed by atoms with Crippen LogP contribution in [0.15, 0.2) is 66.7 Å². The zero-order valence-electron chi connectivity index (χ0n) is 16.8. The number of hydrogen-bond donors (Lipinski definition) is 2. The summed E-state index contributed by atoms with van der Waals surface area (Å²) >= 11 is 0. The minimum Gasteiger partial charge on any atom is -0.492 e. The Balaban J connectivity index is 1.78. The smallest absolute Gasteiger partial charge is 0.255 e. The van der Waals surface area contributed by atoms with Gasteiger partial charge in [0.15, 0.2) is 0 Å². The van der Waals surface area contributed by atoms with Crippen LogP contribution in [0.4, 0.5) is 11.4 Å². The number of carbonyl (C=O) groups is 2. The minimum atomic E-state index is -0.307. The SMILES string of the molecule is CCOc1ccccc1NC(=O)c1cccc(C(=O)Nc2cccc(C)c2C)c1. The lowest BCUT2D eigenvalue weighted by atomic mass is 10.1. The number of nitrogens with one attached hydrogen (secondary N) is 2. The van der Waals surface area contributed by atoms with Crippen LogP contribution in [0.5, 0.6) is 5.75 Å². The van der Waals surface area contributed by atoms with Gasteiger partial charge in [-0.25, -0.2) is 0 Å². The number of ether oxygens (including phenoxy) is 1. The zero-order chi connectivity index (χ0) is 20.8. The van der Waals surface area contributed by atoms with Crippen LogP contribution in [-0.4, -0.2) is 18.4 Å². The molecular weight excluding hydrogens is 364 g/mol. The average Bonchev–Trinajstić information content (AvgIpc) is 2.73. The number of carbonyl (C=O) groups excluding carboxylic acids is 2. The molecule has 0 aromatic heterocycles. The lowest BCUT2D eigenvalue weighted by molar-refractivity contribution is 0.102. The molecule has 0 radical (unpaired) electrons. The van der Waals surface area contributed by atoms with Gasteiger partial charge in [-0.05, 0) is 68.3 Å². The van der Waals surface area contributed by atoms with Gasteiger partial charge in [-0.3, -0.25) is 9.59 Å². The number of benzene rings is 3. The Hall–Kier alpha value is -3.60. The zero-order valence-corrected chi connectivity index (χ0v) is 16.8. The van der Waals surface area contributed by atoms with Crippen LogP contribution < -0.4 is 15.4 Å². The lowest BCUT2D eigenvalue weighted by Gasteiger charge is -2.12. The first kappa shape index (κ1) is 20.1. The molecule has 5 heteroatoms. The topological polar surface area (TPSA) is 67.4 Å². The van der Waals surface area contributed by atoms with Gasteiger partial charge in [0.1, 0.15) is 5.75 Å². The molecule has 148 valence electrons. The highest BCUT2D eigenvalue weighted by molar-refractivity contribution is 6.09. The number of rotatable bonds is 6. The van der Waals surface area contributed by atoms with Crippen LogP contribution in [0.2, 0.25) is 0 Å². The predicted molar refractivity (Wildman–Crippen MR) is 116 cm³/mol. The Bertz CT molecular complexity index is 1040. The fourth-order valence-electron chi connectivity index (χ4n) is 2.93. The molecule has 3 aromatic rings. The van der Waals surface area contributed by atoms with Crippen LogP contribution in [0.1, 0.15) is 38.8 Å². The Morgan fingerprint density at radius 2 is 1.38 bits per heavy atom. The van der Waals surface area contributed by atoms with Gasteiger partial charge in [0.05, 0.1) is 12.3 Å². The molecule has 29 heavy (non-hydrogen) atoms. The van der Waals surface area contributed by atoms with Crippen LogP contribution in [-0.2, 0) is 0 Å². The van der Waals surface area contributed by atoms with Crippen molar-refractivity contribution in [1.82, 2.24) is 0 Å². The van der Waals surface area contributed by atoms with E-state index < -0.39 is 0 Å². The van der Waals surface area contributed by atoms with Gasteiger partial charge in [0.25, 0.3) is 11.8 Å². The van der Waals surface area contributed by atoms with Crippen molar-refractivity contribution in [3.8, 4) is 5.75 Å². The Morgan fingerprint density at radius 1 is 0.793 bits per heavy atom. The molecule has 0 bridgehead atoms. The highest BCUT2D eigenvalue weighted by Gasteiger charge is 2.13. The molecule has 2 N–H and O–H groups in total. The van der Waals surface area contributed by atoms with Gasteiger partial charge < -0.3 is 15.4 Å². The average molecular weight is 388 g/mol. The molecule has 0 atom stereocenters. The maximum absolute atomic E-state index is 12.7. The first-order valence-electron chi connectivity index (χ1n) is 9.50.